The van der Waals surface area contributed by atoms with Crippen LogP contribution in [-0.4, -0.2) is 64.2 Å². The Kier molecular flexibility index (Phi) is 4.26. The quantitative estimate of drug-likeness (QED) is 0.822. The van der Waals surface area contributed by atoms with Crippen LogP contribution >= 0.6 is 0 Å². The lowest BCUT2D eigenvalue weighted by Crippen LogP contribution is -2.47. The van der Waals surface area contributed by atoms with E-state index in [0.29, 0.717) is 45.8 Å². The minimum atomic E-state index is -0.0666. The number of fused-ring (bicyclic) bond motifs is 1. The largest absolute Gasteiger partial charge is 0.378 e. The summed E-state index contributed by atoms with van der Waals surface area (Å²) in [5.41, 5.74) is 1.02. The van der Waals surface area contributed by atoms with Crippen LogP contribution < -0.4 is 0 Å². The highest BCUT2D eigenvalue weighted by Crippen LogP contribution is 2.31. The number of amides is 2. The maximum absolute atomic E-state index is 12.6. The van der Waals surface area contributed by atoms with Crippen LogP contribution in [0.5, 0.6) is 0 Å². The highest BCUT2D eigenvalue weighted by atomic mass is 16.5. The summed E-state index contributed by atoms with van der Waals surface area (Å²) in [4.78, 5) is 29.0. The number of nitrogens with zero attached hydrogens (tertiary/aromatic N) is 4. The van der Waals surface area contributed by atoms with E-state index in [2.05, 4.69) is 5.10 Å². The zero-order valence-corrected chi connectivity index (χ0v) is 13.9. The van der Waals surface area contributed by atoms with E-state index < -0.39 is 0 Å². The Balaban J connectivity index is 1.46. The molecule has 1 atom stereocenters. The molecule has 7 heteroatoms. The Bertz CT molecular complexity index is 619. The smallest absolute Gasteiger partial charge is 0.226 e. The molecule has 3 aliphatic rings. The molecular weight excluding hydrogens is 308 g/mol. The summed E-state index contributed by atoms with van der Waals surface area (Å²) in [7, 11) is 0. The third-order valence-corrected chi connectivity index (χ3v) is 5.42. The van der Waals surface area contributed by atoms with Crippen LogP contribution in [0, 0.1) is 5.92 Å². The van der Waals surface area contributed by atoms with Crippen molar-refractivity contribution in [3.05, 3.63) is 18.0 Å². The van der Waals surface area contributed by atoms with E-state index in [1.54, 1.807) is 6.20 Å². The predicted molar refractivity (Wildman–Crippen MR) is 86.0 cm³/mol. The van der Waals surface area contributed by atoms with Crippen molar-refractivity contribution in [2.24, 2.45) is 5.92 Å². The number of hydrogen-bond acceptors (Lipinski definition) is 4. The van der Waals surface area contributed by atoms with E-state index in [4.69, 9.17) is 4.74 Å². The summed E-state index contributed by atoms with van der Waals surface area (Å²) >= 11 is 0. The first kappa shape index (κ1) is 15.6. The van der Waals surface area contributed by atoms with Crippen LogP contribution in [0.3, 0.4) is 0 Å². The number of morpholine rings is 1. The summed E-state index contributed by atoms with van der Waals surface area (Å²) < 4.78 is 7.25. The van der Waals surface area contributed by atoms with E-state index in [0.717, 1.165) is 25.0 Å². The molecular formula is C17H24N4O3. The first-order valence-corrected chi connectivity index (χ1v) is 8.89. The molecule has 2 aliphatic heterocycles. The second kappa shape index (κ2) is 6.55. The molecule has 0 radical (unpaired) electrons. The Labute approximate surface area is 141 Å². The molecule has 130 valence electrons. The summed E-state index contributed by atoms with van der Waals surface area (Å²) in [6.07, 6.45) is 5.32. The van der Waals surface area contributed by atoms with E-state index in [-0.39, 0.29) is 23.8 Å². The number of aromatic nitrogens is 2. The average Bonchev–Trinajstić information content (AvgIpc) is 3.02. The van der Waals surface area contributed by atoms with E-state index in [9.17, 15) is 9.59 Å². The molecule has 24 heavy (non-hydrogen) atoms. The van der Waals surface area contributed by atoms with Gasteiger partial charge in [0.15, 0.2) is 0 Å². The van der Waals surface area contributed by atoms with Crippen LogP contribution in [0.25, 0.3) is 0 Å². The molecule has 2 amide bonds. The molecule has 2 fully saturated rings. The topological polar surface area (TPSA) is 67.7 Å². The summed E-state index contributed by atoms with van der Waals surface area (Å²) in [5, 5.41) is 4.39. The summed E-state index contributed by atoms with van der Waals surface area (Å²) in [6, 6.07) is 1.88. The fourth-order valence-corrected chi connectivity index (χ4v) is 3.76. The number of ether oxygens (including phenoxy) is 1. The van der Waals surface area contributed by atoms with Gasteiger partial charge >= 0.3 is 0 Å². The fraction of sp³-hybridized carbons (Fsp3) is 0.706. The first-order chi connectivity index (χ1) is 11.7. The van der Waals surface area contributed by atoms with Crippen molar-refractivity contribution < 1.29 is 14.3 Å². The Morgan fingerprint density at radius 1 is 1.21 bits per heavy atom. The standard InChI is InChI=1S/C17H24N4O3/c22-16(19-6-8-24-9-7-19)10-15-12-20(17(23)13-2-1-3-13)11-14-4-5-18-21(14)15/h4-5,13,15H,1-3,6-12H2/t15-/m0/s1. The van der Waals surface area contributed by atoms with Gasteiger partial charge in [0.1, 0.15) is 0 Å². The van der Waals surface area contributed by atoms with Crippen molar-refractivity contribution in [3.8, 4) is 0 Å². The molecule has 0 spiro atoms. The van der Waals surface area contributed by atoms with Gasteiger partial charge in [-0.2, -0.15) is 5.10 Å². The third-order valence-electron chi connectivity index (χ3n) is 5.42. The molecule has 1 saturated carbocycles. The monoisotopic (exact) mass is 332 g/mol. The number of carbonyl (C=O) groups is 2. The molecule has 0 N–H and O–H groups in total. The van der Waals surface area contributed by atoms with Gasteiger partial charge in [0.05, 0.1) is 37.9 Å². The normalized spacial score (nSPS) is 24.4. The van der Waals surface area contributed by atoms with Gasteiger partial charge in [-0.05, 0) is 18.9 Å². The van der Waals surface area contributed by atoms with Crippen LogP contribution in [-0.2, 0) is 20.9 Å². The van der Waals surface area contributed by atoms with Gasteiger partial charge in [0.2, 0.25) is 11.8 Å². The first-order valence-electron chi connectivity index (χ1n) is 8.89. The molecule has 1 saturated heterocycles. The van der Waals surface area contributed by atoms with Crippen molar-refractivity contribution in [3.63, 3.8) is 0 Å². The van der Waals surface area contributed by atoms with Crippen molar-refractivity contribution in [2.75, 3.05) is 32.8 Å². The molecule has 1 aromatic rings. The van der Waals surface area contributed by atoms with E-state index in [1.807, 2.05) is 20.5 Å². The van der Waals surface area contributed by atoms with Gasteiger partial charge in [0.25, 0.3) is 0 Å². The van der Waals surface area contributed by atoms with Gasteiger partial charge in [-0.15, -0.1) is 0 Å². The second-order valence-corrected chi connectivity index (χ2v) is 6.96. The number of carbonyl (C=O) groups excluding carboxylic acids is 2. The zero-order chi connectivity index (χ0) is 16.5. The van der Waals surface area contributed by atoms with Gasteiger partial charge in [-0.25, -0.2) is 0 Å². The van der Waals surface area contributed by atoms with Crippen LogP contribution in [0.15, 0.2) is 12.3 Å². The number of rotatable bonds is 3. The SMILES string of the molecule is O=C(C[C@H]1CN(C(=O)C2CCC2)Cc2ccnn21)N1CCOCC1. The van der Waals surface area contributed by atoms with E-state index >= 15 is 0 Å². The number of hydrogen-bond donors (Lipinski definition) is 0. The third kappa shape index (κ3) is 2.92. The zero-order valence-electron chi connectivity index (χ0n) is 13.9. The Hall–Kier alpha value is -1.89. The van der Waals surface area contributed by atoms with Gasteiger partial charge < -0.3 is 14.5 Å². The molecule has 1 aliphatic carbocycles. The van der Waals surface area contributed by atoms with Crippen molar-refractivity contribution in [1.82, 2.24) is 19.6 Å². The highest BCUT2D eigenvalue weighted by molar-refractivity contribution is 5.80. The van der Waals surface area contributed by atoms with E-state index in [1.165, 1.54) is 0 Å². The minimum absolute atomic E-state index is 0.0666. The predicted octanol–water partition coefficient (Wildman–Crippen LogP) is 0.815. The fourth-order valence-electron chi connectivity index (χ4n) is 3.76. The maximum atomic E-state index is 12.6. The lowest BCUT2D eigenvalue weighted by atomic mass is 9.84. The lowest BCUT2D eigenvalue weighted by molar-refractivity contribution is -0.142. The molecule has 4 rings (SSSR count). The van der Waals surface area contributed by atoms with Gasteiger partial charge in [0, 0.05) is 31.7 Å². The van der Waals surface area contributed by atoms with Crippen LogP contribution in [0.1, 0.15) is 37.4 Å². The Morgan fingerprint density at radius 3 is 2.71 bits per heavy atom. The molecule has 0 bridgehead atoms. The van der Waals surface area contributed by atoms with Gasteiger partial charge in [-0.1, -0.05) is 6.42 Å². The molecule has 0 unspecified atom stereocenters. The average molecular weight is 332 g/mol. The summed E-state index contributed by atoms with van der Waals surface area (Å²) in [5.74, 6) is 0.565. The molecule has 3 heterocycles. The van der Waals surface area contributed by atoms with Crippen LogP contribution in [0.4, 0.5) is 0 Å². The summed E-state index contributed by atoms with van der Waals surface area (Å²) in [6.45, 7) is 3.72. The molecule has 7 nitrogen and oxygen atoms in total. The van der Waals surface area contributed by atoms with Crippen molar-refractivity contribution >= 4 is 11.8 Å². The molecule has 0 aromatic carbocycles. The molecule has 1 aromatic heterocycles. The maximum Gasteiger partial charge on any atom is 0.226 e. The van der Waals surface area contributed by atoms with Crippen LogP contribution in [0.2, 0.25) is 0 Å². The van der Waals surface area contributed by atoms with Gasteiger partial charge in [-0.3, -0.25) is 14.3 Å². The van der Waals surface area contributed by atoms with Crippen molar-refractivity contribution in [2.45, 2.75) is 38.3 Å². The Morgan fingerprint density at radius 2 is 2.00 bits per heavy atom. The highest BCUT2D eigenvalue weighted by Gasteiger charge is 2.35. The lowest BCUT2D eigenvalue weighted by Gasteiger charge is -2.38. The second-order valence-electron chi connectivity index (χ2n) is 6.96. The van der Waals surface area contributed by atoms with Crippen molar-refractivity contribution in [1.29, 1.82) is 0 Å². The minimum Gasteiger partial charge on any atom is -0.378 e.